The van der Waals surface area contributed by atoms with E-state index in [0.717, 1.165) is 83.5 Å². The van der Waals surface area contributed by atoms with Gasteiger partial charge in [-0.1, -0.05) is 150 Å². The fourth-order valence-electron chi connectivity index (χ4n) is 5.02. The van der Waals surface area contributed by atoms with E-state index in [1.165, 1.54) is 44.9 Å². The van der Waals surface area contributed by atoms with Crippen LogP contribution in [0.2, 0.25) is 0 Å². The van der Waals surface area contributed by atoms with Crippen molar-refractivity contribution in [2.45, 2.75) is 168 Å². The molecule has 0 saturated carbocycles. The molecular formula is C44H70O4. The van der Waals surface area contributed by atoms with Crippen molar-refractivity contribution in [3.8, 4) is 0 Å². The highest BCUT2D eigenvalue weighted by Gasteiger charge is 2.11. The number of aliphatic carboxylic acids is 1. The summed E-state index contributed by atoms with van der Waals surface area (Å²) in [5.74, 6) is -0.876. The first-order valence-electron chi connectivity index (χ1n) is 19.2. The molecule has 0 saturated heterocycles. The van der Waals surface area contributed by atoms with Gasteiger partial charge in [0.2, 0.25) is 0 Å². The summed E-state index contributed by atoms with van der Waals surface area (Å²) in [7, 11) is 0. The zero-order valence-corrected chi connectivity index (χ0v) is 30.8. The molecule has 0 fully saturated rings. The zero-order chi connectivity index (χ0) is 35.0. The minimum absolute atomic E-state index is 0.121. The number of carboxylic acids is 1. The van der Waals surface area contributed by atoms with Crippen LogP contribution in [0.15, 0.2) is 97.2 Å². The molecule has 0 aliphatic carbocycles. The van der Waals surface area contributed by atoms with Gasteiger partial charge in [0, 0.05) is 12.8 Å². The lowest BCUT2D eigenvalue weighted by atomic mass is 10.1. The number of carbonyl (C=O) groups excluding carboxylic acids is 1. The van der Waals surface area contributed by atoms with Crippen molar-refractivity contribution in [1.82, 2.24) is 0 Å². The summed E-state index contributed by atoms with van der Waals surface area (Å²) in [5.41, 5.74) is 0. The van der Waals surface area contributed by atoms with Gasteiger partial charge in [-0.15, -0.1) is 0 Å². The molecule has 0 rings (SSSR count). The predicted molar refractivity (Wildman–Crippen MR) is 208 cm³/mol. The van der Waals surface area contributed by atoms with Crippen LogP contribution in [0.5, 0.6) is 0 Å². The molecule has 0 amide bonds. The summed E-state index contributed by atoms with van der Waals surface area (Å²) in [6.07, 6.45) is 57.2. The van der Waals surface area contributed by atoms with Crippen molar-refractivity contribution in [2.24, 2.45) is 0 Å². The molecule has 48 heavy (non-hydrogen) atoms. The van der Waals surface area contributed by atoms with Gasteiger partial charge in [0.1, 0.15) is 6.10 Å². The molecule has 0 aliphatic heterocycles. The van der Waals surface area contributed by atoms with Gasteiger partial charge in [0.05, 0.1) is 0 Å². The van der Waals surface area contributed by atoms with Gasteiger partial charge in [-0.3, -0.25) is 9.59 Å². The summed E-state index contributed by atoms with van der Waals surface area (Å²) in [4.78, 5) is 23.3. The molecule has 0 aromatic rings. The first kappa shape index (κ1) is 44.9. The lowest BCUT2D eigenvalue weighted by molar-refractivity contribution is -0.147. The Morgan fingerprint density at radius 2 is 0.875 bits per heavy atom. The average molecular weight is 663 g/mol. The zero-order valence-electron chi connectivity index (χ0n) is 30.8. The van der Waals surface area contributed by atoms with Crippen LogP contribution in [0.3, 0.4) is 0 Å². The maximum absolute atomic E-state index is 12.6. The largest absolute Gasteiger partial charge is 0.481 e. The lowest BCUT2D eigenvalue weighted by Gasteiger charge is -2.14. The molecule has 0 aliphatic rings. The lowest BCUT2D eigenvalue weighted by Crippen LogP contribution is -2.16. The standard InChI is InChI=1S/C44H70O4/c1-3-5-7-9-11-13-15-16-17-18-19-20-21-22-23-24-26-28-30-32-37-41-44(47)48-42(39-35-33-36-40-43(45)46)38-34-31-29-27-25-14-12-10-8-6-4-2/h5-8,11-14,16-17,19-20,27,29,34,38,42H,3-4,9-10,15,18,21-26,28,30-33,35-37,39-41H2,1-2H3,(H,45,46)/b7-5-,8-6-,13-11-,14-12-,17-16-,20-19-,29-27-,38-34-. The maximum atomic E-state index is 12.6. The minimum Gasteiger partial charge on any atom is -0.481 e. The summed E-state index contributed by atoms with van der Waals surface area (Å²) in [6.45, 7) is 4.30. The molecule has 1 atom stereocenters. The third-order valence-electron chi connectivity index (χ3n) is 7.79. The Hall–Kier alpha value is -3.14. The molecule has 0 heterocycles. The number of carboxylic acid groups (broad SMARTS) is 1. The summed E-state index contributed by atoms with van der Waals surface area (Å²) in [6, 6.07) is 0. The first-order valence-corrected chi connectivity index (χ1v) is 19.2. The Morgan fingerprint density at radius 1 is 0.479 bits per heavy atom. The summed E-state index contributed by atoms with van der Waals surface area (Å²) < 4.78 is 5.82. The van der Waals surface area contributed by atoms with Gasteiger partial charge < -0.3 is 9.84 Å². The molecule has 0 radical (unpaired) electrons. The molecule has 1 N–H and O–H groups in total. The number of carbonyl (C=O) groups is 2. The van der Waals surface area contributed by atoms with Crippen molar-refractivity contribution in [3.63, 3.8) is 0 Å². The van der Waals surface area contributed by atoms with Gasteiger partial charge in [0.15, 0.2) is 0 Å². The van der Waals surface area contributed by atoms with E-state index in [1.807, 2.05) is 6.08 Å². The molecule has 4 heteroatoms. The Morgan fingerprint density at radius 3 is 1.38 bits per heavy atom. The topological polar surface area (TPSA) is 63.6 Å². The minimum atomic E-state index is -0.755. The fraction of sp³-hybridized carbons (Fsp3) is 0.591. The third kappa shape index (κ3) is 37.3. The number of rotatable bonds is 33. The molecule has 1 unspecified atom stereocenters. The van der Waals surface area contributed by atoms with E-state index >= 15 is 0 Å². The molecule has 0 aromatic heterocycles. The molecular weight excluding hydrogens is 592 g/mol. The molecule has 0 bridgehead atoms. The molecule has 4 nitrogen and oxygen atoms in total. The van der Waals surface area contributed by atoms with Crippen molar-refractivity contribution < 1.29 is 19.4 Å². The number of allylic oxidation sites excluding steroid dienone is 15. The normalized spacial score (nSPS) is 13.4. The highest BCUT2D eigenvalue weighted by atomic mass is 16.5. The third-order valence-corrected chi connectivity index (χ3v) is 7.79. The van der Waals surface area contributed by atoms with E-state index in [-0.39, 0.29) is 18.5 Å². The SMILES string of the molecule is CC/C=C\C/C=C\C/C=C\C/C=C\CCCCCCCCCCC(=O)OC(/C=C\C/C=C\C/C=C\C/C=C\CC)CCCCCC(=O)O. The molecule has 0 aromatic carbocycles. The summed E-state index contributed by atoms with van der Waals surface area (Å²) >= 11 is 0. The average Bonchev–Trinajstić information content (AvgIpc) is 3.07. The van der Waals surface area contributed by atoms with Crippen LogP contribution in [-0.4, -0.2) is 23.1 Å². The van der Waals surface area contributed by atoms with Crippen LogP contribution < -0.4 is 0 Å². The van der Waals surface area contributed by atoms with Gasteiger partial charge in [-0.2, -0.15) is 0 Å². The number of esters is 1. The maximum Gasteiger partial charge on any atom is 0.306 e. The fourth-order valence-corrected chi connectivity index (χ4v) is 5.02. The summed E-state index contributed by atoms with van der Waals surface area (Å²) in [5, 5.41) is 8.87. The van der Waals surface area contributed by atoms with Crippen LogP contribution in [-0.2, 0) is 14.3 Å². The second kappa shape index (κ2) is 38.3. The number of unbranched alkanes of at least 4 members (excludes halogenated alkanes) is 10. The second-order valence-corrected chi connectivity index (χ2v) is 12.3. The number of ether oxygens (including phenoxy) is 1. The molecule has 270 valence electrons. The van der Waals surface area contributed by atoms with E-state index in [2.05, 4.69) is 105 Å². The highest BCUT2D eigenvalue weighted by molar-refractivity contribution is 5.69. The first-order chi connectivity index (χ1) is 23.6. The van der Waals surface area contributed by atoms with E-state index < -0.39 is 5.97 Å². The van der Waals surface area contributed by atoms with E-state index in [4.69, 9.17) is 9.84 Å². The number of hydrogen-bond donors (Lipinski definition) is 1. The van der Waals surface area contributed by atoms with Crippen molar-refractivity contribution in [1.29, 1.82) is 0 Å². The van der Waals surface area contributed by atoms with Gasteiger partial charge in [0.25, 0.3) is 0 Å². The quantitative estimate of drug-likeness (QED) is 0.0431. The van der Waals surface area contributed by atoms with Crippen LogP contribution >= 0.6 is 0 Å². The Labute approximate surface area is 295 Å². The Balaban J connectivity index is 4.05. The molecule has 0 spiro atoms. The van der Waals surface area contributed by atoms with Crippen molar-refractivity contribution in [2.75, 3.05) is 0 Å². The smallest absolute Gasteiger partial charge is 0.306 e. The van der Waals surface area contributed by atoms with Crippen LogP contribution in [0.4, 0.5) is 0 Å². The van der Waals surface area contributed by atoms with Crippen LogP contribution in [0, 0.1) is 0 Å². The highest BCUT2D eigenvalue weighted by Crippen LogP contribution is 2.14. The van der Waals surface area contributed by atoms with E-state index in [1.54, 1.807) is 0 Å². The van der Waals surface area contributed by atoms with E-state index in [9.17, 15) is 9.59 Å². The van der Waals surface area contributed by atoms with Gasteiger partial charge in [-0.05, 0) is 96.0 Å². The monoisotopic (exact) mass is 663 g/mol. The van der Waals surface area contributed by atoms with E-state index in [0.29, 0.717) is 12.8 Å². The van der Waals surface area contributed by atoms with Gasteiger partial charge in [-0.25, -0.2) is 0 Å². The van der Waals surface area contributed by atoms with Gasteiger partial charge >= 0.3 is 11.9 Å². The second-order valence-electron chi connectivity index (χ2n) is 12.3. The predicted octanol–water partition coefficient (Wildman–Crippen LogP) is 13.4. The Kier molecular flexibility index (Phi) is 35.8. The van der Waals surface area contributed by atoms with Crippen LogP contribution in [0.25, 0.3) is 0 Å². The Bertz CT molecular complexity index is 976. The van der Waals surface area contributed by atoms with Crippen molar-refractivity contribution in [3.05, 3.63) is 97.2 Å². The van der Waals surface area contributed by atoms with Crippen LogP contribution in [0.1, 0.15) is 162 Å². The number of hydrogen-bond acceptors (Lipinski definition) is 3. The van der Waals surface area contributed by atoms with Crippen molar-refractivity contribution >= 4 is 11.9 Å².